The number of hydrogen-bond acceptors (Lipinski definition) is 2. The first kappa shape index (κ1) is 15.6. The average molecular weight is 328 g/mol. The lowest BCUT2D eigenvalue weighted by Gasteiger charge is -2.08. The van der Waals surface area contributed by atoms with Crippen molar-refractivity contribution >= 4 is 26.6 Å². The summed E-state index contributed by atoms with van der Waals surface area (Å²) in [4.78, 5) is 3.58. The van der Waals surface area contributed by atoms with E-state index in [0.717, 1.165) is 35.0 Å². The molecule has 0 saturated carbocycles. The van der Waals surface area contributed by atoms with Crippen molar-refractivity contribution in [1.29, 1.82) is 0 Å². The Morgan fingerprint density at radius 2 is 1.70 bits per heavy atom. The van der Waals surface area contributed by atoms with E-state index in [0.29, 0.717) is 5.69 Å². The molecule has 0 aliphatic heterocycles. The Balaban J connectivity index is 1.89. The van der Waals surface area contributed by atoms with Crippen LogP contribution in [-0.4, -0.2) is 13.4 Å². The summed E-state index contributed by atoms with van der Waals surface area (Å²) >= 11 is 0. The van der Waals surface area contributed by atoms with Gasteiger partial charge in [-0.05, 0) is 54.8 Å². The van der Waals surface area contributed by atoms with Gasteiger partial charge in [0, 0.05) is 22.3 Å². The lowest BCUT2D eigenvalue weighted by atomic mass is 10.2. The summed E-state index contributed by atoms with van der Waals surface area (Å²) in [5.41, 5.74) is 3.83. The van der Waals surface area contributed by atoms with Crippen LogP contribution in [0.1, 0.15) is 25.1 Å². The maximum atomic E-state index is 12.5. The zero-order valence-corrected chi connectivity index (χ0v) is 14.1. The molecule has 0 aliphatic carbocycles. The first-order valence-electron chi connectivity index (χ1n) is 7.75. The van der Waals surface area contributed by atoms with Gasteiger partial charge in [-0.15, -0.1) is 0 Å². The van der Waals surface area contributed by atoms with Crippen LogP contribution in [0.15, 0.2) is 53.4 Å². The molecule has 3 aromatic rings. The fourth-order valence-electron chi connectivity index (χ4n) is 2.57. The molecule has 0 spiro atoms. The minimum atomic E-state index is -3.57. The monoisotopic (exact) mass is 328 g/mol. The van der Waals surface area contributed by atoms with Gasteiger partial charge in [-0.25, -0.2) is 8.42 Å². The topological polar surface area (TPSA) is 62.0 Å². The van der Waals surface area contributed by atoms with Crippen molar-refractivity contribution in [2.24, 2.45) is 0 Å². The largest absolute Gasteiger partial charge is 0.358 e. The minimum Gasteiger partial charge on any atom is -0.358 e. The van der Waals surface area contributed by atoms with Gasteiger partial charge in [-0.2, -0.15) is 0 Å². The highest BCUT2D eigenvalue weighted by atomic mass is 32.2. The number of rotatable bonds is 5. The molecule has 1 heterocycles. The highest BCUT2D eigenvalue weighted by Gasteiger charge is 2.14. The Bertz CT molecular complexity index is 925. The van der Waals surface area contributed by atoms with Gasteiger partial charge < -0.3 is 4.98 Å². The first-order valence-corrected chi connectivity index (χ1v) is 9.23. The summed E-state index contributed by atoms with van der Waals surface area (Å²) in [6.45, 7) is 4.12. The van der Waals surface area contributed by atoms with Crippen molar-refractivity contribution in [3.63, 3.8) is 0 Å². The Hall–Kier alpha value is -2.27. The predicted octanol–water partition coefficient (Wildman–Crippen LogP) is 4.09. The highest BCUT2D eigenvalue weighted by molar-refractivity contribution is 7.92. The molecule has 23 heavy (non-hydrogen) atoms. The molecule has 4 nitrogen and oxygen atoms in total. The second-order valence-electron chi connectivity index (χ2n) is 5.55. The standard InChI is InChI=1S/C18H20N2O2S/c1-3-13-5-8-17(9-6-13)23(21,22)20-16-7-10-18-14(12-16)11-15(4-2)19-18/h5-12,19-20H,3-4H2,1-2H3. The lowest BCUT2D eigenvalue weighted by Crippen LogP contribution is -2.12. The van der Waals surface area contributed by atoms with Crippen LogP contribution in [0.5, 0.6) is 0 Å². The summed E-state index contributed by atoms with van der Waals surface area (Å²) < 4.78 is 27.6. The van der Waals surface area contributed by atoms with Gasteiger partial charge in [0.15, 0.2) is 0 Å². The molecule has 0 unspecified atom stereocenters. The number of fused-ring (bicyclic) bond motifs is 1. The fraction of sp³-hybridized carbons (Fsp3) is 0.222. The van der Waals surface area contributed by atoms with Gasteiger partial charge in [0.25, 0.3) is 10.0 Å². The SMILES string of the molecule is CCc1ccc(S(=O)(=O)Nc2ccc3[nH]c(CC)cc3c2)cc1. The van der Waals surface area contributed by atoms with Crippen molar-refractivity contribution in [2.45, 2.75) is 31.6 Å². The van der Waals surface area contributed by atoms with Gasteiger partial charge in [0.1, 0.15) is 0 Å². The van der Waals surface area contributed by atoms with Gasteiger partial charge in [-0.3, -0.25) is 4.72 Å². The summed E-state index contributed by atoms with van der Waals surface area (Å²) in [6.07, 6.45) is 1.80. The molecule has 120 valence electrons. The summed E-state index contributed by atoms with van der Waals surface area (Å²) in [5.74, 6) is 0. The molecule has 5 heteroatoms. The van der Waals surface area contributed by atoms with E-state index >= 15 is 0 Å². The maximum Gasteiger partial charge on any atom is 0.261 e. The summed E-state index contributed by atoms with van der Waals surface area (Å²) in [7, 11) is -3.57. The van der Waals surface area contributed by atoms with E-state index in [4.69, 9.17) is 0 Å². The molecular weight excluding hydrogens is 308 g/mol. The number of benzene rings is 2. The second-order valence-corrected chi connectivity index (χ2v) is 7.24. The number of aryl methyl sites for hydroxylation is 2. The molecule has 0 bridgehead atoms. The number of anilines is 1. The van der Waals surface area contributed by atoms with E-state index < -0.39 is 10.0 Å². The Kier molecular flexibility index (Phi) is 4.13. The van der Waals surface area contributed by atoms with Gasteiger partial charge >= 0.3 is 0 Å². The number of sulfonamides is 1. The third-order valence-corrected chi connectivity index (χ3v) is 5.35. The molecule has 0 saturated heterocycles. The number of H-pyrrole nitrogens is 1. The normalized spacial score (nSPS) is 11.7. The first-order chi connectivity index (χ1) is 11.0. The molecule has 0 atom stereocenters. The molecule has 0 radical (unpaired) electrons. The van der Waals surface area contributed by atoms with Crippen LogP contribution in [-0.2, 0) is 22.9 Å². The molecule has 1 aromatic heterocycles. The van der Waals surface area contributed by atoms with Crippen LogP contribution < -0.4 is 4.72 Å². The third-order valence-electron chi connectivity index (χ3n) is 3.95. The van der Waals surface area contributed by atoms with Crippen LogP contribution in [0, 0.1) is 0 Å². The van der Waals surface area contributed by atoms with Gasteiger partial charge in [0.2, 0.25) is 0 Å². The molecule has 2 N–H and O–H groups in total. The Morgan fingerprint density at radius 3 is 2.35 bits per heavy atom. The van der Waals surface area contributed by atoms with Crippen molar-refractivity contribution in [3.8, 4) is 0 Å². The van der Waals surface area contributed by atoms with Crippen LogP contribution in [0.25, 0.3) is 10.9 Å². The molecular formula is C18H20N2O2S. The maximum absolute atomic E-state index is 12.5. The summed E-state index contributed by atoms with van der Waals surface area (Å²) in [6, 6.07) is 14.5. The highest BCUT2D eigenvalue weighted by Crippen LogP contribution is 2.23. The minimum absolute atomic E-state index is 0.276. The van der Waals surface area contributed by atoms with Gasteiger partial charge in [-0.1, -0.05) is 26.0 Å². The van der Waals surface area contributed by atoms with E-state index in [9.17, 15) is 8.42 Å². The van der Waals surface area contributed by atoms with Crippen LogP contribution in [0.3, 0.4) is 0 Å². The van der Waals surface area contributed by atoms with Crippen LogP contribution in [0.2, 0.25) is 0 Å². The van der Waals surface area contributed by atoms with E-state index in [1.165, 1.54) is 0 Å². The number of aromatic amines is 1. The van der Waals surface area contributed by atoms with E-state index in [2.05, 4.69) is 16.6 Å². The number of aromatic nitrogens is 1. The van der Waals surface area contributed by atoms with Crippen molar-refractivity contribution in [2.75, 3.05) is 4.72 Å². The predicted molar refractivity (Wildman–Crippen MR) is 94.3 cm³/mol. The lowest BCUT2D eigenvalue weighted by molar-refractivity contribution is 0.601. The van der Waals surface area contributed by atoms with Crippen molar-refractivity contribution in [1.82, 2.24) is 4.98 Å². The number of nitrogens with one attached hydrogen (secondary N) is 2. The molecule has 2 aromatic carbocycles. The van der Waals surface area contributed by atoms with Crippen LogP contribution in [0.4, 0.5) is 5.69 Å². The van der Waals surface area contributed by atoms with E-state index in [-0.39, 0.29) is 4.90 Å². The zero-order valence-electron chi connectivity index (χ0n) is 13.3. The quantitative estimate of drug-likeness (QED) is 0.741. The molecule has 3 rings (SSSR count). The third kappa shape index (κ3) is 3.24. The van der Waals surface area contributed by atoms with E-state index in [1.54, 1.807) is 18.2 Å². The zero-order chi connectivity index (χ0) is 16.4. The smallest absolute Gasteiger partial charge is 0.261 e. The van der Waals surface area contributed by atoms with Crippen LogP contribution >= 0.6 is 0 Å². The molecule has 0 fully saturated rings. The van der Waals surface area contributed by atoms with E-state index in [1.807, 2.05) is 37.3 Å². The van der Waals surface area contributed by atoms with Gasteiger partial charge in [0.05, 0.1) is 4.90 Å². The average Bonchev–Trinajstić information content (AvgIpc) is 2.97. The Labute approximate surface area is 136 Å². The van der Waals surface area contributed by atoms with Crippen molar-refractivity contribution < 1.29 is 8.42 Å². The summed E-state index contributed by atoms with van der Waals surface area (Å²) in [5, 5.41) is 1.00. The Morgan fingerprint density at radius 1 is 0.957 bits per heavy atom. The molecule has 0 amide bonds. The second kappa shape index (κ2) is 6.08. The number of hydrogen-bond donors (Lipinski definition) is 2. The fourth-order valence-corrected chi connectivity index (χ4v) is 3.61. The van der Waals surface area contributed by atoms with Crippen molar-refractivity contribution in [3.05, 3.63) is 59.8 Å². The molecule has 0 aliphatic rings.